The van der Waals surface area contributed by atoms with E-state index in [1.807, 2.05) is 0 Å². The second kappa shape index (κ2) is 3.82. The third-order valence-electron chi connectivity index (χ3n) is 1.80. The first kappa shape index (κ1) is 12.0. The molecule has 0 radical (unpaired) electrons. The maximum atomic E-state index is 11.2. The predicted molar refractivity (Wildman–Crippen MR) is 54.2 cm³/mol. The van der Waals surface area contributed by atoms with E-state index >= 15 is 0 Å². The first-order valence-electron chi connectivity index (χ1n) is 4.08. The normalized spacial score (nSPS) is 12.0. The summed E-state index contributed by atoms with van der Waals surface area (Å²) in [4.78, 5) is 10.6. The van der Waals surface area contributed by atoms with Crippen molar-refractivity contribution >= 4 is 25.6 Å². The minimum atomic E-state index is -4.03. The lowest BCUT2D eigenvalue weighted by atomic mass is 10.1. The van der Waals surface area contributed by atoms with Gasteiger partial charge in [-0.25, -0.2) is 8.42 Å². The smallest absolute Gasteiger partial charge is 0.270 e. The second-order valence-corrected chi connectivity index (χ2v) is 5.77. The first-order chi connectivity index (χ1) is 6.75. The molecule has 0 spiro atoms. The molecule has 8 heteroatoms. The van der Waals surface area contributed by atoms with Crippen molar-refractivity contribution in [1.29, 1.82) is 0 Å². The second-order valence-electron chi connectivity index (χ2n) is 3.27. The van der Waals surface area contributed by atoms with Crippen molar-refractivity contribution in [3.8, 4) is 0 Å². The number of aromatic amines is 1. The molecule has 6 nitrogen and oxygen atoms in total. The van der Waals surface area contributed by atoms with Crippen LogP contribution in [0.3, 0.4) is 0 Å². The lowest BCUT2D eigenvalue weighted by molar-refractivity contribution is 0.0992. The van der Waals surface area contributed by atoms with Crippen LogP contribution in [-0.2, 0) is 9.05 Å². The number of amides is 1. The zero-order valence-corrected chi connectivity index (χ0v) is 9.69. The Kier molecular flexibility index (Phi) is 3.05. The predicted octanol–water partition coefficient (Wildman–Crippen LogP) is 0.560. The van der Waals surface area contributed by atoms with Gasteiger partial charge in [-0.2, -0.15) is 5.10 Å². The molecule has 0 aliphatic heterocycles. The van der Waals surface area contributed by atoms with Gasteiger partial charge < -0.3 is 5.73 Å². The Hall–Kier alpha value is -1.08. The topological polar surface area (TPSA) is 106 Å². The number of nitrogens with two attached hydrogens (primary N) is 1. The Bertz CT molecular complexity index is 492. The number of hydrogen-bond acceptors (Lipinski definition) is 4. The van der Waals surface area contributed by atoms with Crippen LogP contribution < -0.4 is 5.73 Å². The molecule has 1 rings (SSSR count). The fourth-order valence-corrected chi connectivity index (χ4v) is 2.54. The Morgan fingerprint density at radius 3 is 2.40 bits per heavy atom. The largest absolute Gasteiger partial charge is 0.364 e. The molecule has 0 aliphatic rings. The Balaban J connectivity index is 3.55. The Morgan fingerprint density at radius 1 is 1.53 bits per heavy atom. The van der Waals surface area contributed by atoms with Gasteiger partial charge in [0, 0.05) is 10.7 Å². The number of halogens is 1. The van der Waals surface area contributed by atoms with Crippen molar-refractivity contribution in [2.45, 2.75) is 24.7 Å². The van der Waals surface area contributed by atoms with Crippen molar-refractivity contribution < 1.29 is 13.2 Å². The molecule has 1 aromatic rings. The molecule has 15 heavy (non-hydrogen) atoms. The number of H-pyrrole nitrogens is 1. The minimum absolute atomic E-state index is 0.158. The van der Waals surface area contributed by atoms with Gasteiger partial charge >= 0.3 is 0 Å². The number of nitrogens with zero attached hydrogens (tertiary/aromatic N) is 1. The number of nitrogens with one attached hydrogen (secondary N) is 1. The highest BCUT2D eigenvalue weighted by Crippen LogP contribution is 2.27. The molecule has 0 saturated heterocycles. The molecule has 0 bridgehead atoms. The summed E-state index contributed by atoms with van der Waals surface area (Å²) in [5.41, 5.74) is 4.90. The maximum absolute atomic E-state index is 11.2. The Labute approximate surface area is 91.2 Å². The van der Waals surface area contributed by atoms with Crippen LogP contribution >= 0.6 is 10.7 Å². The highest BCUT2D eigenvalue weighted by molar-refractivity contribution is 8.13. The van der Waals surface area contributed by atoms with E-state index in [9.17, 15) is 13.2 Å². The van der Waals surface area contributed by atoms with Gasteiger partial charge in [0.05, 0.1) is 5.69 Å². The SMILES string of the molecule is CC(C)c1[nH]nc(C(N)=O)c1S(=O)(=O)Cl. The molecule has 0 fully saturated rings. The quantitative estimate of drug-likeness (QED) is 0.766. The summed E-state index contributed by atoms with van der Waals surface area (Å²) in [6.45, 7) is 3.48. The minimum Gasteiger partial charge on any atom is -0.364 e. The summed E-state index contributed by atoms with van der Waals surface area (Å²) in [5.74, 6) is -1.09. The number of carbonyl (C=O) groups excluding carboxylic acids is 1. The zero-order valence-electron chi connectivity index (χ0n) is 8.11. The monoisotopic (exact) mass is 251 g/mol. The van der Waals surface area contributed by atoms with Gasteiger partial charge in [0.15, 0.2) is 5.69 Å². The van der Waals surface area contributed by atoms with Crippen molar-refractivity contribution in [3.05, 3.63) is 11.4 Å². The van der Waals surface area contributed by atoms with Gasteiger partial charge in [0.2, 0.25) is 0 Å². The summed E-state index contributed by atoms with van der Waals surface area (Å²) >= 11 is 0. The van der Waals surface area contributed by atoms with Gasteiger partial charge in [0.1, 0.15) is 4.90 Å². The number of rotatable bonds is 3. The van der Waals surface area contributed by atoms with Crippen molar-refractivity contribution in [2.75, 3.05) is 0 Å². The molecule has 84 valence electrons. The summed E-state index contributed by atoms with van der Waals surface area (Å²) < 4.78 is 22.5. The van der Waals surface area contributed by atoms with Gasteiger partial charge in [-0.1, -0.05) is 13.8 Å². The van der Waals surface area contributed by atoms with E-state index in [-0.39, 0.29) is 22.2 Å². The number of primary amides is 1. The van der Waals surface area contributed by atoms with Crippen LogP contribution in [0.2, 0.25) is 0 Å². The summed E-state index contributed by atoms with van der Waals surface area (Å²) in [7, 11) is 1.17. The van der Waals surface area contributed by atoms with E-state index in [1.54, 1.807) is 13.8 Å². The standard InChI is InChI=1S/C7H10ClN3O3S/c1-3(2)4-6(15(8,13)14)5(7(9)12)11-10-4/h3H,1-2H3,(H2,9,12)(H,10,11). The van der Waals surface area contributed by atoms with Crippen LogP contribution in [0.5, 0.6) is 0 Å². The van der Waals surface area contributed by atoms with E-state index in [0.29, 0.717) is 0 Å². The third-order valence-corrected chi connectivity index (χ3v) is 3.17. The van der Waals surface area contributed by atoms with E-state index in [1.165, 1.54) is 0 Å². The van der Waals surface area contributed by atoms with Gasteiger partial charge in [0.25, 0.3) is 15.0 Å². The molecule has 3 N–H and O–H groups in total. The van der Waals surface area contributed by atoms with E-state index < -0.39 is 15.0 Å². The first-order valence-corrected chi connectivity index (χ1v) is 6.38. The average molecular weight is 252 g/mol. The molecule has 1 heterocycles. The molecule has 1 aromatic heterocycles. The van der Waals surface area contributed by atoms with Gasteiger partial charge in [-0.15, -0.1) is 0 Å². The summed E-state index contributed by atoms with van der Waals surface area (Å²) in [6.07, 6.45) is 0. The molecular formula is C7H10ClN3O3S. The third kappa shape index (κ3) is 2.29. The van der Waals surface area contributed by atoms with Gasteiger partial charge in [-0.3, -0.25) is 9.89 Å². The number of aromatic nitrogens is 2. The van der Waals surface area contributed by atoms with Crippen molar-refractivity contribution in [3.63, 3.8) is 0 Å². The maximum Gasteiger partial charge on any atom is 0.270 e. The molecule has 0 unspecified atom stereocenters. The van der Waals surface area contributed by atoms with E-state index in [4.69, 9.17) is 16.4 Å². The molecule has 0 saturated carbocycles. The zero-order chi connectivity index (χ0) is 11.8. The molecule has 1 amide bonds. The fraction of sp³-hybridized carbons (Fsp3) is 0.429. The lowest BCUT2D eigenvalue weighted by Gasteiger charge is -2.03. The lowest BCUT2D eigenvalue weighted by Crippen LogP contribution is -2.15. The van der Waals surface area contributed by atoms with Crippen molar-refractivity contribution in [1.82, 2.24) is 10.2 Å². The molecule has 0 atom stereocenters. The highest BCUT2D eigenvalue weighted by Gasteiger charge is 2.28. The van der Waals surface area contributed by atoms with Crippen LogP contribution in [0.25, 0.3) is 0 Å². The van der Waals surface area contributed by atoms with Gasteiger partial charge in [-0.05, 0) is 5.92 Å². The van der Waals surface area contributed by atoms with Crippen LogP contribution in [-0.4, -0.2) is 24.5 Å². The van der Waals surface area contributed by atoms with Crippen LogP contribution in [0, 0.1) is 0 Å². The molecule has 0 aromatic carbocycles. The number of carbonyl (C=O) groups is 1. The summed E-state index contributed by atoms with van der Waals surface area (Å²) in [6, 6.07) is 0. The summed E-state index contributed by atoms with van der Waals surface area (Å²) in [5, 5.41) is 5.99. The van der Waals surface area contributed by atoms with Crippen LogP contribution in [0.4, 0.5) is 0 Å². The van der Waals surface area contributed by atoms with Crippen molar-refractivity contribution in [2.24, 2.45) is 5.73 Å². The van der Waals surface area contributed by atoms with Crippen LogP contribution in [0.1, 0.15) is 35.9 Å². The number of hydrogen-bond donors (Lipinski definition) is 2. The molecule has 0 aliphatic carbocycles. The van der Waals surface area contributed by atoms with E-state index in [2.05, 4.69) is 10.2 Å². The highest BCUT2D eigenvalue weighted by atomic mass is 35.7. The molecular weight excluding hydrogens is 242 g/mol. The fourth-order valence-electron chi connectivity index (χ4n) is 1.15. The van der Waals surface area contributed by atoms with Crippen LogP contribution in [0.15, 0.2) is 4.90 Å². The average Bonchev–Trinajstić information content (AvgIpc) is 2.45. The van der Waals surface area contributed by atoms with E-state index in [0.717, 1.165) is 0 Å². The Morgan fingerprint density at radius 2 is 2.07 bits per heavy atom.